The number of carbonyl (C=O) groups is 1. The van der Waals surface area contributed by atoms with Crippen LogP contribution in [0.5, 0.6) is 0 Å². The van der Waals surface area contributed by atoms with Crippen LogP contribution in [0.4, 0.5) is 5.69 Å². The summed E-state index contributed by atoms with van der Waals surface area (Å²) in [6.45, 7) is 6.91. The fourth-order valence-electron chi connectivity index (χ4n) is 3.88. The number of hydrogen-bond acceptors (Lipinski definition) is 4. The Morgan fingerprint density at radius 2 is 2.10 bits per heavy atom. The van der Waals surface area contributed by atoms with Crippen LogP contribution in [0.3, 0.4) is 0 Å². The first kappa shape index (κ1) is 19.9. The first-order valence-corrected chi connectivity index (χ1v) is 11.2. The van der Waals surface area contributed by atoms with E-state index >= 15 is 0 Å². The molecule has 152 valence electrons. The van der Waals surface area contributed by atoms with Gasteiger partial charge in [0.05, 0.1) is 4.88 Å². The van der Waals surface area contributed by atoms with Crippen molar-refractivity contribution >= 4 is 22.9 Å². The van der Waals surface area contributed by atoms with Gasteiger partial charge in [0.25, 0.3) is 0 Å². The first-order valence-electron chi connectivity index (χ1n) is 10.3. The Hall–Kier alpha value is -2.44. The standard InChI is InChI=1S/C23H28N4OS/c1-16(2)23(28)25-20-6-3-5-18(13-20)17-8-10-27(11-9-17)15-19-14-24-26-22(19)21-7-4-12-29-21/h3-7,12-14,16-17H,8-11,15H2,1-2H3,(H,24,26)(H,25,28). The third-order valence-electron chi connectivity index (χ3n) is 5.61. The van der Waals surface area contributed by atoms with E-state index in [-0.39, 0.29) is 11.8 Å². The third kappa shape index (κ3) is 4.77. The van der Waals surface area contributed by atoms with Gasteiger partial charge in [-0.3, -0.25) is 14.8 Å². The summed E-state index contributed by atoms with van der Waals surface area (Å²) >= 11 is 1.73. The lowest BCUT2D eigenvalue weighted by Crippen LogP contribution is -2.32. The third-order valence-corrected chi connectivity index (χ3v) is 6.48. The molecule has 0 aliphatic carbocycles. The number of anilines is 1. The van der Waals surface area contributed by atoms with Crippen molar-refractivity contribution in [3.05, 3.63) is 59.1 Å². The van der Waals surface area contributed by atoms with Crippen molar-refractivity contribution in [2.24, 2.45) is 5.92 Å². The summed E-state index contributed by atoms with van der Waals surface area (Å²) in [7, 11) is 0. The molecular formula is C23H28N4OS. The van der Waals surface area contributed by atoms with E-state index in [0.29, 0.717) is 5.92 Å². The number of hydrogen-bond donors (Lipinski definition) is 2. The Morgan fingerprint density at radius 1 is 1.28 bits per heavy atom. The molecule has 1 aliphatic rings. The highest BCUT2D eigenvalue weighted by Gasteiger charge is 2.22. The van der Waals surface area contributed by atoms with E-state index < -0.39 is 0 Å². The zero-order valence-corrected chi connectivity index (χ0v) is 17.8. The monoisotopic (exact) mass is 408 g/mol. The normalized spacial score (nSPS) is 15.7. The lowest BCUT2D eigenvalue weighted by atomic mass is 9.89. The number of carbonyl (C=O) groups excluding carboxylic acids is 1. The van der Waals surface area contributed by atoms with Gasteiger partial charge >= 0.3 is 0 Å². The summed E-state index contributed by atoms with van der Waals surface area (Å²) in [5.74, 6) is 0.603. The fourth-order valence-corrected chi connectivity index (χ4v) is 4.63. The van der Waals surface area contributed by atoms with Crippen molar-refractivity contribution in [2.45, 2.75) is 39.2 Å². The number of aromatic amines is 1. The first-order chi connectivity index (χ1) is 14.1. The fraction of sp³-hybridized carbons (Fsp3) is 0.391. The van der Waals surface area contributed by atoms with Crippen LogP contribution in [0.2, 0.25) is 0 Å². The van der Waals surface area contributed by atoms with Crippen molar-refractivity contribution in [3.63, 3.8) is 0 Å². The molecule has 1 saturated heterocycles. The van der Waals surface area contributed by atoms with Crippen LogP contribution < -0.4 is 5.32 Å². The average Bonchev–Trinajstić information content (AvgIpc) is 3.40. The predicted octanol–water partition coefficient (Wildman–Crippen LogP) is 5.11. The molecule has 0 saturated carbocycles. The Labute approximate surface area is 176 Å². The summed E-state index contributed by atoms with van der Waals surface area (Å²) in [4.78, 5) is 15.7. The second kappa shape index (κ2) is 8.93. The van der Waals surface area contributed by atoms with Crippen molar-refractivity contribution < 1.29 is 4.79 Å². The summed E-state index contributed by atoms with van der Waals surface area (Å²) in [6, 6.07) is 12.6. The SMILES string of the molecule is CC(C)C(=O)Nc1cccc(C2CCN(Cc3c[nH]nc3-c3cccs3)CC2)c1. The molecule has 1 fully saturated rings. The molecule has 3 aromatic rings. The zero-order valence-electron chi connectivity index (χ0n) is 17.0. The number of thiophene rings is 1. The predicted molar refractivity (Wildman–Crippen MR) is 119 cm³/mol. The van der Waals surface area contributed by atoms with Crippen LogP contribution in [-0.2, 0) is 11.3 Å². The van der Waals surface area contributed by atoms with Crippen molar-refractivity contribution in [1.29, 1.82) is 0 Å². The maximum absolute atomic E-state index is 12.0. The summed E-state index contributed by atoms with van der Waals surface area (Å²) in [5, 5.41) is 12.6. The molecule has 2 aromatic heterocycles. The molecular weight excluding hydrogens is 380 g/mol. The largest absolute Gasteiger partial charge is 0.326 e. The van der Waals surface area contributed by atoms with Crippen molar-refractivity contribution in [2.75, 3.05) is 18.4 Å². The molecule has 0 radical (unpaired) electrons. The molecule has 1 amide bonds. The van der Waals surface area contributed by atoms with Gasteiger partial charge in [-0.05, 0) is 61.0 Å². The van der Waals surface area contributed by atoms with Crippen molar-refractivity contribution in [1.82, 2.24) is 15.1 Å². The van der Waals surface area contributed by atoms with E-state index in [0.717, 1.165) is 43.9 Å². The van der Waals surface area contributed by atoms with Crippen LogP contribution >= 0.6 is 11.3 Å². The van der Waals surface area contributed by atoms with Crippen molar-refractivity contribution in [3.8, 4) is 10.6 Å². The van der Waals surface area contributed by atoms with Gasteiger partial charge in [0.15, 0.2) is 0 Å². The van der Waals surface area contributed by atoms with Crippen LogP contribution in [0.25, 0.3) is 10.6 Å². The number of benzene rings is 1. The van der Waals surface area contributed by atoms with Gasteiger partial charge in [-0.15, -0.1) is 11.3 Å². The van der Waals surface area contributed by atoms with Gasteiger partial charge in [0, 0.05) is 29.9 Å². The number of amides is 1. The van der Waals surface area contributed by atoms with Crippen LogP contribution in [0.15, 0.2) is 48.0 Å². The highest BCUT2D eigenvalue weighted by molar-refractivity contribution is 7.13. The molecule has 0 unspecified atom stereocenters. The van der Waals surface area contributed by atoms with Gasteiger partial charge in [-0.1, -0.05) is 32.0 Å². The molecule has 0 atom stereocenters. The van der Waals surface area contributed by atoms with Gasteiger partial charge in [0.1, 0.15) is 5.69 Å². The highest BCUT2D eigenvalue weighted by Crippen LogP contribution is 2.32. The van der Waals surface area contributed by atoms with E-state index in [1.165, 1.54) is 16.0 Å². The quantitative estimate of drug-likeness (QED) is 0.596. The minimum absolute atomic E-state index is 0.0103. The minimum Gasteiger partial charge on any atom is -0.326 e. The van der Waals surface area contributed by atoms with E-state index in [9.17, 15) is 4.79 Å². The molecule has 3 heterocycles. The van der Waals surface area contributed by atoms with E-state index in [2.05, 4.69) is 56.1 Å². The Morgan fingerprint density at radius 3 is 2.83 bits per heavy atom. The molecule has 5 nitrogen and oxygen atoms in total. The molecule has 2 N–H and O–H groups in total. The van der Waals surface area contributed by atoms with Gasteiger partial charge in [-0.2, -0.15) is 5.10 Å². The van der Waals surface area contributed by atoms with E-state index in [1.807, 2.05) is 26.1 Å². The lowest BCUT2D eigenvalue weighted by molar-refractivity contribution is -0.118. The van der Waals surface area contributed by atoms with E-state index in [4.69, 9.17) is 0 Å². The molecule has 0 bridgehead atoms. The van der Waals surface area contributed by atoms with E-state index in [1.54, 1.807) is 11.3 Å². The zero-order chi connectivity index (χ0) is 20.2. The molecule has 4 rings (SSSR count). The summed E-state index contributed by atoms with van der Waals surface area (Å²) < 4.78 is 0. The second-order valence-corrected chi connectivity index (χ2v) is 9.00. The Kier molecular flexibility index (Phi) is 6.11. The van der Waals surface area contributed by atoms with Crippen LogP contribution in [-0.4, -0.2) is 34.1 Å². The molecule has 1 aromatic carbocycles. The molecule has 0 spiro atoms. The topological polar surface area (TPSA) is 61.0 Å². The minimum atomic E-state index is -0.0103. The molecule has 6 heteroatoms. The van der Waals surface area contributed by atoms with Crippen LogP contribution in [0.1, 0.15) is 43.7 Å². The smallest absolute Gasteiger partial charge is 0.226 e. The maximum Gasteiger partial charge on any atom is 0.226 e. The second-order valence-electron chi connectivity index (χ2n) is 8.06. The Balaban J connectivity index is 1.36. The number of H-pyrrole nitrogens is 1. The van der Waals surface area contributed by atoms with Crippen LogP contribution in [0, 0.1) is 5.92 Å². The number of nitrogens with zero attached hydrogens (tertiary/aromatic N) is 2. The lowest BCUT2D eigenvalue weighted by Gasteiger charge is -2.32. The summed E-state index contributed by atoms with van der Waals surface area (Å²) in [5.41, 5.74) is 4.58. The maximum atomic E-state index is 12.0. The molecule has 1 aliphatic heterocycles. The summed E-state index contributed by atoms with van der Waals surface area (Å²) in [6.07, 6.45) is 4.30. The average molecular weight is 409 g/mol. The number of piperidine rings is 1. The van der Waals surface area contributed by atoms with Gasteiger partial charge in [0.2, 0.25) is 5.91 Å². The van der Waals surface area contributed by atoms with Gasteiger partial charge < -0.3 is 5.32 Å². The highest BCUT2D eigenvalue weighted by atomic mass is 32.1. The number of rotatable bonds is 6. The molecule has 29 heavy (non-hydrogen) atoms. The number of likely N-dealkylation sites (tertiary alicyclic amines) is 1. The number of nitrogens with one attached hydrogen (secondary N) is 2. The van der Waals surface area contributed by atoms with Gasteiger partial charge in [-0.25, -0.2) is 0 Å². The Bertz CT molecular complexity index is 939. The number of aromatic nitrogens is 2.